The van der Waals surface area contributed by atoms with Gasteiger partial charge >= 0.3 is 0 Å². The fraction of sp³-hybridized carbons (Fsp3) is 0.786. The molecule has 106 valence electrons. The predicted molar refractivity (Wildman–Crippen MR) is 78.3 cm³/mol. The molecule has 1 fully saturated rings. The van der Waals surface area contributed by atoms with Crippen LogP contribution in [0.3, 0.4) is 0 Å². The van der Waals surface area contributed by atoms with Crippen molar-refractivity contribution < 1.29 is 0 Å². The zero-order valence-electron chi connectivity index (χ0n) is 11.9. The Hall–Kier alpha value is -1.39. The molecule has 0 atom stereocenters. The third-order valence-corrected chi connectivity index (χ3v) is 3.58. The van der Waals surface area contributed by atoms with Gasteiger partial charge in [-0.3, -0.25) is 0 Å². The molecule has 2 rings (SSSR count). The van der Waals surface area contributed by atoms with Crippen LogP contribution in [-0.2, 0) is 0 Å². The second kappa shape index (κ2) is 7.92. The fourth-order valence-electron chi connectivity index (χ4n) is 2.48. The molecular formula is C14H25N5. The number of aromatic nitrogens is 3. The lowest BCUT2D eigenvalue weighted by atomic mass is 9.96. The second-order valence-electron chi connectivity index (χ2n) is 5.28. The van der Waals surface area contributed by atoms with Gasteiger partial charge in [0.25, 0.3) is 0 Å². The lowest BCUT2D eigenvalue weighted by molar-refractivity contribution is 0.461. The highest BCUT2D eigenvalue weighted by atomic mass is 15.3. The van der Waals surface area contributed by atoms with Gasteiger partial charge < -0.3 is 10.6 Å². The molecule has 0 saturated heterocycles. The van der Waals surface area contributed by atoms with Crippen LogP contribution in [0.4, 0.5) is 11.8 Å². The number of anilines is 2. The maximum absolute atomic E-state index is 4.47. The van der Waals surface area contributed by atoms with E-state index in [4.69, 9.17) is 0 Å². The SMILES string of the molecule is CCCCCNc1nncc(NC2CCCCC2)n1. The van der Waals surface area contributed by atoms with Crippen molar-refractivity contribution in [3.63, 3.8) is 0 Å². The normalized spacial score (nSPS) is 16.3. The van der Waals surface area contributed by atoms with E-state index >= 15 is 0 Å². The number of hydrogen-bond donors (Lipinski definition) is 2. The maximum Gasteiger partial charge on any atom is 0.244 e. The van der Waals surface area contributed by atoms with Gasteiger partial charge in [-0.2, -0.15) is 10.1 Å². The molecule has 1 aromatic heterocycles. The van der Waals surface area contributed by atoms with Crippen LogP contribution in [0.2, 0.25) is 0 Å². The summed E-state index contributed by atoms with van der Waals surface area (Å²) in [6.07, 6.45) is 11.8. The van der Waals surface area contributed by atoms with Crippen molar-refractivity contribution in [1.29, 1.82) is 0 Å². The Bertz CT molecular complexity index is 363. The Labute approximate surface area is 115 Å². The topological polar surface area (TPSA) is 62.7 Å². The average Bonchev–Trinajstić information content (AvgIpc) is 2.45. The van der Waals surface area contributed by atoms with E-state index in [-0.39, 0.29) is 0 Å². The molecule has 5 nitrogen and oxygen atoms in total. The molecule has 1 aromatic rings. The first-order chi connectivity index (χ1) is 9.38. The van der Waals surface area contributed by atoms with Crippen molar-refractivity contribution in [2.24, 2.45) is 0 Å². The molecule has 0 amide bonds. The molecule has 0 spiro atoms. The molecule has 19 heavy (non-hydrogen) atoms. The lowest BCUT2D eigenvalue weighted by Crippen LogP contribution is -2.23. The molecule has 1 aliphatic rings. The maximum atomic E-state index is 4.47. The van der Waals surface area contributed by atoms with E-state index in [1.165, 1.54) is 44.9 Å². The minimum atomic E-state index is 0.554. The Morgan fingerprint density at radius 2 is 2.05 bits per heavy atom. The third-order valence-electron chi connectivity index (χ3n) is 3.58. The molecule has 5 heteroatoms. The van der Waals surface area contributed by atoms with E-state index in [9.17, 15) is 0 Å². The molecule has 0 bridgehead atoms. The van der Waals surface area contributed by atoms with E-state index in [0.29, 0.717) is 12.0 Å². The second-order valence-corrected chi connectivity index (χ2v) is 5.28. The van der Waals surface area contributed by atoms with Crippen LogP contribution in [0, 0.1) is 0 Å². The number of hydrogen-bond acceptors (Lipinski definition) is 5. The summed E-state index contributed by atoms with van der Waals surface area (Å²) in [5.74, 6) is 1.48. The minimum absolute atomic E-state index is 0.554. The first-order valence-electron chi connectivity index (χ1n) is 7.58. The molecule has 1 aliphatic carbocycles. The van der Waals surface area contributed by atoms with Crippen LogP contribution in [0.5, 0.6) is 0 Å². The van der Waals surface area contributed by atoms with Crippen molar-refractivity contribution in [3.05, 3.63) is 6.20 Å². The monoisotopic (exact) mass is 263 g/mol. The number of nitrogens with one attached hydrogen (secondary N) is 2. The molecule has 2 N–H and O–H groups in total. The summed E-state index contributed by atoms with van der Waals surface area (Å²) in [6, 6.07) is 0.554. The molecular weight excluding hydrogens is 238 g/mol. The summed E-state index contributed by atoms with van der Waals surface area (Å²) in [4.78, 5) is 4.47. The van der Waals surface area contributed by atoms with Crippen molar-refractivity contribution in [2.45, 2.75) is 64.3 Å². The number of unbranched alkanes of at least 4 members (excludes halogenated alkanes) is 2. The molecule has 0 aliphatic heterocycles. The first-order valence-corrected chi connectivity index (χ1v) is 7.58. The third kappa shape index (κ3) is 5.01. The predicted octanol–water partition coefficient (Wildman–Crippen LogP) is 3.22. The van der Waals surface area contributed by atoms with Crippen LogP contribution in [-0.4, -0.2) is 27.8 Å². The molecule has 1 saturated carbocycles. The highest BCUT2D eigenvalue weighted by molar-refractivity contribution is 5.37. The van der Waals surface area contributed by atoms with Gasteiger partial charge in [0, 0.05) is 12.6 Å². The van der Waals surface area contributed by atoms with Gasteiger partial charge in [-0.1, -0.05) is 39.0 Å². The Balaban J connectivity index is 1.80. The summed E-state index contributed by atoms with van der Waals surface area (Å²) in [7, 11) is 0. The van der Waals surface area contributed by atoms with Crippen LogP contribution >= 0.6 is 0 Å². The number of rotatable bonds is 7. The Kier molecular flexibility index (Phi) is 5.85. The Morgan fingerprint density at radius 1 is 1.21 bits per heavy atom. The molecule has 0 aromatic carbocycles. The largest absolute Gasteiger partial charge is 0.366 e. The molecule has 0 radical (unpaired) electrons. The van der Waals surface area contributed by atoms with Crippen LogP contribution in [0.25, 0.3) is 0 Å². The summed E-state index contributed by atoms with van der Waals surface area (Å²) >= 11 is 0. The molecule has 0 unspecified atom stereocenters. The van der Waals surface area contributed by atoms with E-state index in [1.54, 1.807) is 6.20 Å². The standard InChI is InChI=1S/C14H25N5/c1-2-3-7-10-15-14-18-13(11-16-19-14)17-12-8-5-4-6-9-12/h11-12H,2-10H2,1H3,(H2,15,17,18,19). The fourth-order valence-corrected chi connectivity index (χ4v) is 2.48. The quantitative estimate of drug-likeness (QED) is 0.740. The van der Waals surface area contributed by atoms with E-state index in [2.05, 4.69) is 32.7 Å². The van der Waals surface area contributed by atoms with Gasteiger partial charge in [-0.25, -0.2) is 0 Å². The van der Waals surface area contributed by atoms with Gasteiger partial charge in [0.1, 0.15) is 0 Å². The first kappa shape index (κ1) is 14.0. The van der Waals surface area contributed by atoms with Crippen LogP contribution in [0.1, 0.15) is 58.3 Å². The van der Waals surface area contributed by atoms with E-state index in [1.807, 2.05) is 0 Å². The van der Waals surface area contributed by atoms with Crippen molar-refractivity contribution in [1.82, 2.24) is 15.2 Å². The van der Waals surface area contributed by atoms with Crippen molar-refractivity contribution in [2.75, 3.05) is 17.2 Å². The summed E-state index contributed by atoms with van der Waals surface area (Å²) in [5, 5.41) is 14.7. The van der Waals surface area contributed by atoms with Crippen molar-refractivity contribution >= 4 is 11.8 Å². The van der Waals surface area contributed by atoms with E-state index in [0.717, 1.165) is 18.8 Å². The van der Waals surface area contributed by atoms with Crippen LogP contribution in [0.15, 0.2) is 6.20 Å². The minimum Gasteiger partial charge on any atom is -0.366 e. The number of nitrogens with zero attached hydrogens (tertiary/aromatic N) is 3. The smallest absolute Gasteiger partial charge is 0.244 e. The average molecular weight is 263 g/mol. The zero-order valence-corrected chi connectivity index (χ0v) is 11.9. The van der Waals surface area contributed by atoms with Gasteiger partial charge in [0.2, 0.25) is 5.95 Å². The summed E-state index contributed by atoms with van der Waals surface area (Å²) < 4.78 is 0. The lowest BCUT2D eigenvalue weighted by Gasteiger charge is -2.23. The molecule has 1 heterocycles. The Morgan fingerprint density at radius 3 is 2.84 bits per heavy atom. The van der Waals surface area contributed by atoms with Crippen LogP contribution < -0.4 is 10.6 Å². The summed E-state index contributed by atoms with van der Waals surface area (Å²) in [5.41, 5.74) is 0. The van der Waals surface area contributed by atoms with Crippen molar-refractivity contribution in [3.8, 4) is 0 Å². The van der Waals surface area contributed by atoms with E-state index < -0.39 is 0 Å². The van der Waals surface area contributed by atoms with Gasteiger partial charge in [-0.15, -0.1) is 5.10 Å². The van der Waals surface area contributed by atoms with Gasteiger partial charge in [0.15, 0.2) is 5.82 Å². The van der Waals surface area contributed by atoms with Gasteiger partial charge in [-0.05, 0) is 19.3 Å². The zero-order chi connectivity index (χ0) is 13.3. The van der Waals surface area contributed by atoms with Gasteiger partial charge in [0.05, 0.1) is 6.20 Å². The highest BCUT2D eigenvalue weighted by Crippen LogP contribution is 2.20. The summed E-state index contributed by atoms with van der Waals surface area (Å²) in [6.45, 7) is 3.12. The highest BCUT2D eigenvalue weighted by Gasteiger charge is 2.13.